The summed E-state index contributed by atoms with van der Waals surface area (Å²) in [6, 6.07) is 13.6. The van der Waals surface area contributed by atoms with Crippen LogP contribution in [0.2, 0.25) is 0 Å². The molecule has 2 aliphatic rings. The fourth-order valence-corrected chi connectivity index (χ4v) is 3.64. The maximum Gasteiger partial charge on any atom is 0.197 e. The van der Waals surface area contributed by atoms with Crippen molar-refractivity contribution in [2.75, 3.05) is 0 Å². The van der Waals surface area contributed by atoms with Gasteiger partial charge in [-0.3, -0.25) is 0 Å². The Morgan fingerprint density at radius 1 is 1.00 bits per heavy atom. The molecule has 19 heavy (non-hydrogen) atoms. The number of benzene rings is 1. The van der Waals surface area contributed by atoms with Crippen molar-refractivity contribution >= 4 is 0 Å². The van der Waals surface area contributed by atoms with Gasteiger partial charge in [0.1, 0.15) is 0 Å². The third-order valence-corrected chi connectivity index (χ3v) is 4.44. The Kier molecular flexibility index (Phi) is 1.61. The van der Waals surface area contributed by atoms with Crippen LogP contribution in [0.15, 0.2) is 55.0 Å². The van der Waals surface area contributed by atoms with Crippen LogP contribution < -0.4 is 4.68 Å². The molecule has 1 aromatic carbocycles. The highest BCUT2D eigenvalue weighted by molar-refractivity contribution is 5.45. The van der Waals surface area contributed by atoms with Gasteiger partial charge < -0.3 is 4.57 Å². The number of rotatable bonds is 0. The number of fused-ring (bicyclic) bond motifs is 4. The molecule has 0 spiro atoms. The number of aromatic nitrogens is 3. The molecule has 0 N–H and O–H groups in total. The molecule has 0 radical (unpaired) electrons. The lowest BCUT2D eigenvalue weighted by Gasteiger charge is -2.31. The highest BCUT2D eigenvalue weighted by atomic mass is 15.4. The second-order valence-corrected chi connectivity index (χ2v) is 5.42. The van der Waals surface area contributed by atoms with E-state index in [1.54, 1.807) is 0 Å². The van der Waals surface area contributed by atoms with Gasteiger partial charge in [-0.25, -0.2) is 0 Å². The van der Waals surface area contributed by atoms with E-state index in [9.17, 15) is 0 Å². The van der Waals surface area contributed by atoms with E-state index >= 15 is 0 Å². The molecule has 3 aromatic rings. The van der Waals surface area contributed by atoms with E-state index in [2.05, 4.69) is 68.9 Å². The third kappa shape index (κ3) is 1.10. The van der Waals surface area contributed by atoms with Crippen molar-refractivity contribution in [3.05, 3.63) is 77.4 Å². The Morgan fingerprint density at radius 3 is 2.95 bits per heavy atom. The third-order valence-electron chi connectivity index (χ3n) is 4.44. The lowest BCUT2D eigenvalue weighted by atomic mass is 9.89. The maximum atomic E-state index is 2.37. The molecule has 0 aliphatic carbocycles. The van der Waals surface area contributed by atoms with E-state index in [0.717, 1.165) is 13.1 Å². The van der Waals surface area contributed by atoms with E-state index < -0.39 is 0 Å². The second kappa shape index (κ2) is 3.18. The van der Waals surface area contributed by atoms with Gasteiger partial charge in [0.2, 0.25) is 0 Å². The number of nitrogens with zero attached hydrogens (tertiary/aromatic N) is 3. The molecule has 0 amide bonds. The van der Waals surface area contributed by atoms with Gasteiger partial charge in [-0.1, -0.05) is 18.2 Å². The molecule has 2 aromatic heterocycles. The average molecular weight is 248 g/mol. The Morgan fingerprint density at radius 2 is 1.95 bits per heavy atom. The summed E-state index contributed by atoms with van der Waals surface area (Å²) in [5, 5.41) is 0. The second-order valence-electron chi connectivity index (χ2n) is 5.42. The first-order chi connectivity index (χ1) is 9.42. The minimum atomic E-state index is 0.332. The lowest BCUT2D eigenvalue weighted by molar-refractivity contribution is -0.772. The molecule has 1 atom stereocenters. The maximum absolute atomic E-state index is 2.37. The molecule has 2 aliphatic heterocycles. The van der Waals surface area contributed by atoms with Gasteiger partial charge in [0.15, 0.2) is 18.8 Å². The van der Waals surface area contributed by atoms with Gasteiger partial charge >= 0.3 is 0 Å². The first-order valence-electron chi connectivity index (χ1n) is 6.74. The van der Waals surface area contributed by atoms with Crippen LogP contribution in [0.4, 0.5) is 0 Å². The van der Waals surface area contributed by atoms with Gasteiger partial charge in [0, 0.05) is 29.9 Å². The Hall–Kier alpha value is -2.29. The summed E-state index contributed by atoms with van der Waals surface area (Å²) in [5.41, 5.74) is 5.84. The minimum absolute atomic E-state index is 0.332. The van der Waals surface area contributed by atoms with E-state index in [0.29, 0.717) is 6.04 Å². The zero-order valence-electron chi connectivity index (χ0n) is 10.5. The molecule has 4 heterocycles. The molecular weight excluding hydrogens is 234 g/mol. The van der Waals surface area contributed by atoms with E-state index in [4.69, 9.17) is 0 Å². The molecule has 0 saturated heterocycles. The predicted molar refractivity (Wildman–Crippen MR) is 70.9 cm³/mol. The van der Waals surface area contributed by atoms with Crippen molar-refractivity contribution < 1.29 is 4.68 Å². The van der Waals surface area contributed by atoms with Crippen molar-refractivity contribution in [2.45, 2.75) is 19.1 Å². The molecular formula is C16H14N3+. The molecule has 5 rings (SSSR count). The predicted octanol–water partition coefficient (Wildman–Crippen LogP) is 1.94. The Bertz CT molecular complexity index is 731. The molecule has 3 nitrogen and oxygen atoms in total. The zero-order chi connectivity index (χ0) is 12.4. The SMILES string of the molecule is c1cc2c3c(c1)C[n+]1cccn1C3c1cccn1C2. The quantitative estimate of drug-likeness (QED) is 0.372. The molecule has 0 bridgehead atoms. The number of hydrogen-bond donors (Lipinski definition) is 0. The monoisotopic (exact) mass is 248 g/mol. The van der Waals surface area contributed by atoms with Crippen molar-refractivity contribution in [2.24, 2.45) is 0 Å². The molecule has 3 heteroatoms. The molecule has 0 saturated carbocycles. The fraction of sp³-hybridized carbons (Fsp3) is 0.188. The van der Waals surface area contributed by atoms with Gasteiger partial charge in [-0.2, -0.15) is 0 Å². The summed E-state index contributed by atoms with van der Waals surface area (Å²) in [6.07, 6.45) is 6.54. The fourth-order valence-electron chi connectivity index (χ4n) is 3.64. The van der Waals surface area contributed by atoms with Crippen LogP contribution in [0.3, 0.4) is 0 Å². The van der Waals surface area contributed by atoms with Crippen molar-refractivity contribution in [1.82, 2.24) is 9.25 Å². The van der Waals surface area contributed by atoms with Crippen molar-refractivity contribution in [3.63, 3.8) is 0 Å². The largest absolute Gasteiger partial charge is 0.345 e. The summed E-state index contributed by atoms with van der Waals surface area (Å²) in [4.78, 5) is 0. The first-order valence-corrected chi connectivity index (χ1v) is 6.74. The van der Waals surface area contributed by atoms with Crippen LogP contribution in [0.5, 0.6) is 0 Å². The molecule has 92 valence electrons. The molecule has 0 fully saturated rings. The summed E-state index contributed by atoms with van der Waals surface area (Å²) in [6.45, 7) is 1.98. The highest BCUT2D eigenvalue weighted by Crippen LogP contribution is 2.37. The van der Waals surface area contributed by atoms with Crippen LogP contribution in [-0.4, -0.2) is 9.25 Å². The Labute approximate surface area is 111 Å². The highest BCUT2D eigenvalue weighted by Gasteiger charge is 2.36. The molecule has 1 unspecified atom stereocenters. The van der Waals surface area contributed by atoms with Crippen molar-refractivity contribution in [1.29, 1.82) is 0 Å². The van der Waals surface area contributed by atoms with Gasteiger partial charge in [-0.15, -0.1) is 9.36 Å². The normalized spacial score (nSPS) is 18.6. The van der Waals surface area contributed by atoms with Crippen LogP contribution in [0.25, 0.3) is 0 Å². The lowest BCUT2D eigenvalue weighted by Crippen LogP contribution is -2.50. The average Bonchev–Trinajstić information content (AvgIpc) is 3.05. The van der Waals surface area contributed by atoms with Crippen molar-refractivity contribution in [3.8, 4) is 0 Å². The van der Waals surface area contributed by atoms with Crippen LogP contribution in [0.1, 0.15) is 28.4 Å². The van der Waals surface area contributed by atoms with E-state index in [1.807, 2.05) is 0 Å². The smallest absolute Gasteiger partial charge is 0.197 e. The Balaban J connectivity index is 1.89. The van der Waals surface area contributed by atoms with E-state index in [1.165, 1.54) is 22.4 Å². The van der Waals surface area contributed by atoms with Gasteiger partial charge in [-0.05, 0) is 17.7 Å². The van der Waals surface area contributed by atoms with E-state index in [-0.39, 0.29) is 0 Å². The standard InChI is InChI=1S/C16H14N3/c1-4-12-10-17-7-2-6-14(17)16-15(12)13(5-1)11-18-8-3-9-19(16)18/h1-9,16H,10-11H2/q+1. The van der Waals surface area contributed by atoms with Gasteiger partial charge in [0.25, 0.3) is 0 Å². The summed E-state index contributed by atoms with van der Waals surface area (Å²) >= 11 is 0. The van der Waals surface area contributed by atoms with Gasteiger partial charge in [0.05, 0.1) is 11.9 Å². The van der Waals surface area contributed by atoms with Crippen LogP contribution in [0, 0.1) is 0 Å². The number of hydrogen-bond acceptors (Lipinski definition) is 0. The zero-order valence-corrected chi connectivity index (χ0v) is 10.5. The summed E-state index contributed by atoms with van der Waals surface area (Å²) in [5.74, 6) is 0. The van der Waals surface area contributed by atoms with Crippen LogP contribution in [-0.2, 0) is 13.1 Å². The first kappa shape index (κ1) is 9.62. The minimum Gasteiger partial charge on any atom is -0.345 e. The summed E-state index contributed by atoms with van der Waals surface area (Å²) in [7, 11) is 0. The summed E-state index contributed by atoms with van der Waals surface area (Å²) < 4.78 is 7.03. The van der Waals surface area contributed by atoms with Crippen LogP contribution >= 0.6 is 0 Å². The topological polar surface area (TPSA) is 13.7 Å².